The summed E-state index contributed by atoms with van der Waals surface area (Å²) in [7, 11) is 1.96. The van der Waals surface area contributed by atoms with E-state index in [2.05, 4.69) is 4.98 Å². The second-order valence-electron chi connectivity index (χ2n) is 4.07. The number of hydrogen-bond donors (Lipinski definition) is 1. The fourth-order valence-electron chi connectivity index (χ4n) is 1.87. The van der Waals surface area contributed by atoms with E-state index in [1.165, 1.54) is 12.1 Å². The van der Waals surface area contributed by atoms with Crippen LogP contribution in [0.1, 0.15) is 11.4 Å². The van der Waals surface area contributed by atoms with Gasteiger partial charge in [0.05, 0.1) is 5.69 Å². The maximum absolute atomic E-state index is 12.9. The summed E-state index contributed by atoms with van der Waals surface area (Å²) in [6, 6.07) is 6.37. The van der Waals surface area contributed by atoms with Crippen LogP contribution in [-0.2, 0) is 13.5 Å². The Hall–Kier alpha value is -1.68. The van der Waals surface area contributed by atoms with Gasteiger partial charge in [-0.25, -0.2) is 9.37 Å². The normalized spacial score (nSPS) is 10.8. The maximum atomic E-state index is 12.9. The van der Waals surface area contributed by atoms with Gasteiger partial charge in [-0.15, -0.1) is 0 Å². The lowest BCUT2D eigenvalue weighted by atomic mass is 10.2. The molecule has 2 N–H and O–H groups in total. The van der Waals surface area contributed by atoms with Crippen molar-refractivity contribution in [2.75, 3.05) is 6.54 Å². The number of nitrogens with zero attached hydrogens (tertiary/aromatic N) is 2. The van der Waals surface area contributed by atoms with Gasteiger partial charge in [0.2, 0.25) is 0 Å². The zero-order chi connectivity index (χ0) is 12.4. The largest absolute Gasteiger partial charge is 0.331 e. The first-order valence-corrected chi connectivity index (χ1v) is 5.61. The van der Waals surface area contributed by atoms with Gasteiger partial charge in [-0.3, -0.25) is 0 Å². The summed E-state index contributed by atoms with van der Waals surface area (Å²) in [6.45, 7) is 2.60. The highest BCUT2D eigenvalue weighted by atomic mass is 19.1. The fourth-order valence-corrected chi connectivity index (χ4v) is 1.87. The van der Waals surface area contributed by atoms with Crippen LogP contribution < -0.4 is 5.73 Å². The van der Waals surface area contributed by atoms with Crippen molar-refractivity contribution in [2.24, 2.45) is 12.8 Å². The van der Waals surface area contributed by atoms with Crippen LogP contribution in [0, 0.1) is 12.7 Å². The Balaban J connectivity index is 2.45. The Kier molecular flexibility index (Phi) is 3.24. The summed E-state index contributed by atoms with van der Waals surface area (Å²) in [5, 5.41) is 0. The van der Waals surface area contributed by atoms with Crippen LogP contribution in [0.25, 0.3) is 11.4 Å². The molecule has 90 valence electrons. The quantitative estimate of drug-likeness (QED) is 0.881. The summed E-state index contributed by atoms with van der Waals surface area (Å²) >= 11 is 0. The molecule has 0 spiro atoms. The standard InChI is InChI=1S/C13H16FN3/c1-9-12(7-8-15)16-13(17(9)2)10-3-5-11(14)6-4-10/h3-6H,7-8,15H2,1-2H3. The number of rotatable bonds is 3. The van der Waals surface area contributed by atoms with Gasteiger partial charge in [0, 0.05) is 24.7 Å². The van der Waals surface area contributed by atoms with Crippen molar-refractivity contribution in [2.45, 2.75) is 13.3 Å². The van der Waals surface area contributed by atoms with Crippen molar-refractivity contribution in [1.82, 2.24) is 9.55 Å². The van der Waals surface area contributed by atoms with E-state index in [-0.39, 0.29) is 5.82 Å². The van der Waals surface area contributed by atoms with Crippen molar-refractivity contribution >= 4 is 0 Å². The number of nitrogens with two attached hydrogens (primary N) is 1. The molecule has 0 saturated carbocycles. The van der Waals surface area contributed by atoms with Crippen LogP contribution in [0.4, 0.5) is 4.39 Å². The molecule has 0 unspecified atom stereocenters. The molecule has 2 rings (SSSR count). The Morgan fingerprint density at radius 3 is 2.53 bits per heavy atom. The molecule has 0 aliphatic heterocycles. The molecule has 0 atom stereocenters. The third-order valence-corrected chi connectivity index (χ3v) is 2.96. The van der Waals surface area contributed by atoms with Crippen LogP contribution in [-0.4, -0.2) is 16.1 Å². The molecule has 3 nitrogen and oxygen atoms in total. The van der Waals surface area contributed by atoms with Crippen LogP contribution in [0.2, 0.25) is 0 Å². The zero-order valence-corrected chi connectivity index (χ0v) is 10.1. The summed E-state index contributed by atoms with van der Waals surface area (Å²) < 4.78 is 14.9. The van der Waals surface area contributed by atoms with Gasteiger partial charge in [-0.1, -0.05) is 0 Å². The van der Waals surface area contributed by atoms with E-state index in [0.29, 0.717) is 6.54 Å². The first kappa shape index (κ1) is 11.8. The molecule has 1 aromatic carbocycles. The maximum Gasteiger partial charge on any atom is 0.140 e. The third-order valence-electron chi connectivity index (χ3n) is 2.96. The first-order valence-electron chi connectivity index (χ1n) is 5.61. The van der Waals surface area contributed by atoms with Crippen LogP contribution in [0.5, 0.6) is 0 Å². The average Bonchev–Trinajstić information content (AvgIpc) is 2.59. The highest BCUT2D eigenvalue weighted by Gasteiger charge is 2.11. The SMILES string of the molecule is Cc1c(CCN)nc(-c2ccc(F)cc2)n1C. The average molecular weight is 233 g/mol. The van der Waals surface area contributed by atoms with E-state index >= 15 is 0 Å². The number of halogens is 1. The van der Waals surface area contributed by atoms with E-state index in [4.69, 9.17) is 5.73 Å². The van der Waals surface area contributed by atoms with Gasteiger partial charge in [0.1, 0.15) is 11.6 Å². The topological polar surface area (TPSA) is 43.8 Å². The predicted octanol–water partition coefficient (Wildman–Crippen LogP) is 2.04. The molecule has 0 bridgehead atoms. The van der Waals surface area contributed by atoms with Crippen LogP contribution >= 0.6 is 0 Å². The Bertz CT molecular complexity index is 514. The predicted molar refractivity (Wildman–Crippen MR) is 66.1 cm³/mol. The van der Waals surface area contributed by atoms with E-state index in [1.807, 2.05) is 18.5 Å². The summed E-state index contributed by atoms with van der Waals surface area (Å²) in [5.74, 6) is 0.618. The third kappa shape index (κ3) is 2.22. The Morgan fingerprint density at radius 2 is 1.94 bits per heavy atom. The summed E-state index contributed by atoms with van der Waals surface area (Å²) in [4.78, 5) is 4.56. The molecule has 4 heteroatoms. The molecule has 0 aliphatic rings. The zero-order valence-electron chi connectivity index (χ0n) is 10.1. The summed E-state index contributed by atoms with van der Waals surface area (Å²) in [6.07, 6.45) is 0.765. The van der Waals surface area contributed by atoms with Gasteiger partial charge in [0.15, 0.2) is 0 Å². The lowest BCUT2D eigenvalue weighted by Crippen LogP contribution is -2.04. The summed E-state index contributed by atoms with van der Waals surface area (Å²) in [5.41, 5.74) is 8.58. The molecular formula is C13H16FN3. The second kappa shape index (κ2) is 4.67. The number of benzene rings is 1. The number of aromatic nitrogens is 2. The molecule has 1 heterocycles. The van der Waals surface area contributed by atoms with Gasteiger partial charge in [0.25, 0.3) is 0 Å². The lowest BCUT2D eigenvalue weighted by Gasteiger charge is -2.02. The molecule has 0 amide bonds. The van der Waals surface area contributed by atoms with Crippen LogP contribution in [0.15, 0.2) is 24.3 Å². The van der Waals surface area contributed by atoms with E-state index in [9.17, 15) is 4.39 Å². The van der Waals surface area contributed by atoms with Crippen molar-refractivity contribution in [1.29, 1.82) is 0 Å². The first-order chi connectivity index (χ1) is 8.13. The molecule has 1 aromatic heterocycles. The monoisotopic (exact) mass is 233 g/mol. The molecule has 0 saturated heterocycles. The van der Waals surface area contributed by atoms with Crippen molar-refractivity contribution in [3.05, 3.63) is 41.5 Å². The Labute approximate surface area is 100 Å². The molecule has 2 aromatic rings. The van der Waals surface area contributed by atoms with E-state index in [1.54, 1.807) is 12.1 Å². The smallest absolute Gasteiger partial charge is 0.140 e. The number of hydrogen-bond acceptors (Lipinski definition) is 2. The van der Waals surface area contributed by atoms with Gasteiger partial charge in [-0.05, 0) is 37.7 Å². The second-order valence-corrected chi connectivity index (χ2v) is 4.07. The highest BCUT2D eigenvalue weighted by Crippen LogP contribution is 2.21. The molecule has 0 radical (unpaired) electrons. The van der Waals surface area contributed by atoms with Crippen LogP contribution in [0.3, 0.4) is 0 Å². The number of imidazole rings is 1. The molecule has 0 fully saturated rings. The van der Waals surface area contributed by atoms with E-state index < -0.39 is 0 Å². The van der Waals surface area contributed by atoms with Crippen molar-refractivity contribution in [3.63, 3.8) is 0 Å². The van der Waals surface area contributed by atoms with Gasteiger partial charge in [-0.2, -0.15) is 0 Å². The minimum atomic E-state index is -0.234. The minimum absolute atomic E-state index is 0.234. The van der Waals surface area contributed by atoms with Crippen molar-refractivity contribution in [3.8, 4) is 11.4 Å². The van der Waals surface area contributed by atoms with Gasteiger partial charge < -0.3 is 10.3 Å². The lowest BCUT2D eigenvalue weighted by molar-refractivity contribution is 0.628. The van der Waals surface area contributed by atoms with Crippen molar-refractivity contribution < 1.29 is 4.39 Å². The molecule has 17 heavy (non-hydrogen) atoms. The fraction of sp³-hybridized carbons (Fsp3) is 0.308. The van der Waals surface area contributed by atoms with E-state index in [0.717, 1.165) is 29.2 Å². The van der Waals surface area contributed by atoms with Gasteiger partial charge >= 0.3 is 0 Å². The molecule has 0 aliphatic carbocycles. The molecular weight excluding hydrogens is 217 g/mol. The minimum Gasteiger partial charge on any atom is -0.331 e. The highest BCUT2D eigenvalue weighted by molar-refractivity contribution is 5.56. The Morgan fingerprint density at radius 1 is 1.29 bits per heavy atom.